The minimum atomic E-state index is 0.431. The third kappa shape index (κ3) is 3.64. The van der Waals surface area contributed by atoms with Crippen molar-refractivity contribution < 1.29 is 0 Å². The van der Waals surface area contributed by atoms with Gasteiger partial charge in [-0.3, -0.25) is 4.68 Å². The molecule has 2 N–H and O–H groups in total. The van der Waals surface area contributed by atoms with E-state index in [1.807, 2.05) is 23.1 Å². The van der Waals surface area contributed by atoms with Crippen LogP contribution in [-0.2, 0) is 0 Å². The maximum Gasteiger partial charge on any atom is 0.0615 e. The van der Waals surface area contributed by atoms with E-state index >= 15 is 0 Å². The highest BCUT2D eigenvalue weighted by molar-refractivity contribution is 4.82. The number of hydrogen-bond acceptors (Lipinski definition) is 3. The summed E-state index contributed by atoms with van der Waals surface area (Å²) in [5.74, 6) is 0. The molecule has 1 aromatic heterocycles. The van der Waals surface area contributed by atoms with Gasteiger partial charge in [0, 0.05) is 38.1 Å². The summed E-state index contributed by atoms with van der Waals surface area (Å²) in [6, 6.07) is 3.21. The summed E-state index contributed by atoms with van der Waals surface area (Å²) in [7, 11) is 0. The van der Waals surface area contributed by atoms with Gasteiger partial charge in [0.25, 0.3) is 0 Å². The molecular formula is C11H20N4. The molecule has 84 valence electrons. The zero-order valence-electron chi connectivity index (χ0n) is 9.32. The highest BCUT2D eigenvalue weighted by Gasteiger charge is 2.19. The Bertz CT molecular complexity index is 266. The van der Waals surface area contributed by atoms with Gasteiger partial charge in [-0.1, -0.05) is 0 Å². The monoisotopic (exact) mass is 208 g/mol. The topological polar surface area (TPSA) is 41.9 Å². The van der Waals surface area contributed by atoms with Crippen molar-refractivity contribution in [3.8, 4) is 0 Å². The molecule has 2 rings (SSSR count). The maximum atomic E-state index is 4.21. The summed E-state index contributed by atoms with van der Waals surface area (Å²) in [4.78, 5) is 0. The van der Waals surface area contributed by atoms with Crippen LogP contribution in [-0.4, -0.2) is 35.5 Å². The molecule has 1 heterocycles. The Morgan fingerprint density at radius 2 is 2.33 bits per heavy atom. The fourth-order valence-corrected chi connectivity index (χ4v) is 1.60. The molecule has 0 radical (unpaired) electrons. The first-order valence-electron chi connectivity index (χ1n) is 5.79. The molecule has 1 aromatic rings. The lowest BCUT2D eigenvalue weighted by Gasteiger charge is -2.13. The van der Waals surface area contributed by atoms with Crippen LogP contribution in [0.1, 0.15) is 25.8 Å². The van der Waals surface area contributed by atoms with E-state index in [2.05, 4.69) is 22.7 Å². The van der Waals surface area contributed by atoms with Gasteiger partial charge in [-0.25, -0.2) is 0 Å². The molecule has 4 nitrogen and oxygen atoms in total. The van der Waals surface area contributed by atoms with Crippen molar-refractivity contribution >= 4 is 0 Å². The minimum Gasteiger partial charge on any atom is -0.313 e. The molecule has 0 saturated heterocycles. The SMILES string of the molecule is CC(CNCCNC1CC1)n1cccn1. The summed E-state index contributed by atoms with van der Waals surface area (Å²) >= 11 is 0. The summed E-state index contributed by atoms with van der Waals surface area (Å²) in [6.45, 7) is 5.28. The van der Waals surface area contributed by atoms with Crippen LogP contribution in [0.4, 0.5) is 0 Å². The van der Waals surface area contributed by atoms with Crippen molar-refractivity contribution in [2.75, 3.05) is 19.6 Å². The van der Waals surface area contributed by atoms with Crippen LogP contribution in [0.2, 0.25) is 0 Å². The standard InChI is InChI=1S/C11H20N4/c1-10(15-8-2-5-14-15)9-12-6-7-13-11-3-4-11/h2,5,8,10-13H,3-4,6-7,9H2,1H3. The predicted molar refractivity (Wildman–Crippen MR) is 60.8 cm³/mol. The van der Waals surface area contributed by atoms with Crippen LogP contribution in [0, 0.1) is 0 Å². The van der Waals surface area contributed by atoms with Crippen molar-refractivity contribution in [1.29, 1.82) is 0 Å². The Kier molecular flexibility index (Phi) is 3.75. The second-order valence-corrected chi connectivity index (χ2v) is 4.27. The van der Waals surface area contributed by atoms with Gasteiger partial charge in [0.15, 0.2) is 0 Å². The molecule has 0 amide bonds. The molecule has 15 heavy (non-hydrogen) atoms. The lowest BCUT2D eigenvalue weighted by molar-refractivity contribution is 0.451. The first-order valence-corrected chi connectivity index (χ1v) is 5.79. The van der Waals surface area contributed by atoms with Gasteiger partial charge in [0.1, 0.15) is 0 Å². The van der Waals surface area contributed by atoms with Gasteiger partial charge in [-0.05, 0) is 25.8 Å². The van der Waals surface area contributed by atoms with Crippen molar-refractivity contribution in [3.63, 3.8) is 0 Å². The minimum absolute atomic E-state index is 0.431. The van der Waals surface area contributed by atoms with Crippen LogP contribution in [0.15, 0.2) is 18.5 Å². The number of nitrogens with one attached hydrogen (secondary N) is 2. The maximum absolute atomic E-state index is 4.21. The zero-order valence-corrected chi connectivity index (χ0v) is 9.32. The van der Waals surface area contributed by atoms with Crippen LogP contribution in [0.3, 0.4) is 0 Å². The summed E-state index contributed by atoms with van der Waals surface area (Å²) in [5.41, 5.74) is 0. The molecule has 1 atom stereocenters. The summed E-state index contributed by atoms with van der Waals surface area (Å²) in [5, 5.41) is 11.1. The number of rotatable bonds is 7. The van der Waals surface area contributed by atoms with Gasteiger partial charge in [-0.2, -0.15) is 5.10 Å². The van der Waals surface area contributed by atoms with Crippen molar-refractivity contribution in [1.82, 2.24) is 20.4 Å². The highest BCUT2D eigenvalue weighted by Crippen LogP contribution is 2.17. The van der Waals surface area contributed by atoms with Crippen LogP contribution in [0.25, 0.3) is 0 Å². The number of aromatic nitrogens is 2. The molecular weight excluding hydrogens is 188 g/mol. The van der Waals surface area contributed by atoms with E-state index in [1.54, 1.807) is 0 Å². The number of hydrogen-bond donors (Lipinski definition) is 2. The quantitative estimate of drug-likeness (QED) is 0.651. The first-order chi connectivity index (χ1) is 7.36. The summed E-state index contributed by atoms with van der Waals surface area (Å²) in [6.07, 6.45) is 6.56. The normalized spacial score (nSPS) is 17.9. The molecule has 1 fully saturated rings. The van der Waals surface area contributed by atoms with Crippen molar-refractivity contribution in [3.05, 3.63) is 18.5 Å². The van der Waals surface area contributed by atoms with Gasteiger partial charge in [-0.15, -0.1) is 0 Å². The van der Waals surface area contributed by atoms with Crippen molar-refractivity contribution in [2.24, 2.45) is 0 Å². The Morgan fingerprint density at radius 3 is 3.00 bits per heavy atom. The molecule has 0 aromatic carbocycles. The van der Waals surface area contributed by atoms with E-state index in [9.17, 15) is 0 Å². The van der Waals surface area contributed by atoms with Gasteiger partial charge >= 0.3 is 0 Å². The molecule has 0 aliphatic heterocycles. The largest absolute Gasteiger partial charge is 0.313 e. The lowest BCUT2D eigenvalue weighted by atomic mass is 10.3. The van der Waals surface area contributed by atoms with Gasteiger partial charge < -0.3 is 10.6 Å². The van der Waals surface area contributed by atoms with E-state index in [0.29, 0.717) is 6.04 Å². The zero-order chi connectivity index (χ0) is 10.5. The third-order valence-corrected chi connectivity index (χ3v) is 2.73. The Morgan fingerprint density at radius 1 is 1.47 bits per heavy atom. The second-order valence-electron chi connectivity index (χ2n) is 4.27. The lowest BCUT2D eigenvalue weighted by Crippen LogP contribution is -2.31. The summed E-state index contributed by atoms with van der Waals surface area (Å²) < 4.78 is 1.99. The van der Waals surface area contributed by atoms with Crippen LogP contribution < -0.4 is 10.6 Å². The van der Waals surface area contributed by atoms with E-state index < -0.39 is 0 Å². The Labute approximate surface area is 91.1 Å². The van der Waals surface area contributed by atoms with E-state index in [4.69, 9.17) is 0 Å². The Balaban J connectivity index is 1.53. The molecule has 0 spiro atoms. The molecule has 0 bridgehead atoms. The molecule has 1 aliphatic rings. The average molecular weight is 208 g/mol. The predicted octanol–water partition coefficient (Wildman–Crippen LogP) is 0.786. The average Bonchev–Trinajstić information content (AvgIpc) is 2.90. The van der Waals surface area contributed by atoms with E-state index in [1.165, 1.54) is 12.8 Å². The van der Waals surface area contributed by atoms with Crippen LogP contribution >= 0.6 is 0 Å². The number of nitrogens with zero attached hydrogens (tertiary/aromatic N) is 2. The Hall–Kier alpha value is -0.870. The molecule has 1 saturated carbocycles. The van der Waals surface area contributed by atoms with E-state index in [-0.39, 0.29) is 0 Å². The molecule has 1 unspecified atom stereocenters. The van der Waals surface area contributed by atoms with Gasteiger partial charge in [0.05, 0.1) is 6.04 Å². The third-order valence-electron chi connectivity index (χ3n) is 2.73. The smallest absolute Gasteiger partial charge is 0.0615 e. The first kappa shape index (κ1) is 10.6. The van der Waals surface area contributed by atoms with Crippen LogP contribution in [0.5, 0.6) is 0 Å². The van der Waals surface area contributed by atoms with Crippen molar-refractivity contribution in [2.45, 2.75) is 31.8 Å². The highest BCUT2D eigenvalue weighted by atomic mass is 15.3. The fourth-order valence-electron chi connectivity index (χ4n) is 1.60. The van der Waals surface area contributed by atoms with E-state index in [0.717, 1.165) is 25.7 Å². The molecule has 1 aliphatic carbocycles. The fraction of sp³-hybridized carbons (Fsp3) is 0.727. The molecule has 4 heteroatoms. The second kappa shape index (κ2) is 5.28. The van der Waals surface area contributed by atoms with Gasteiger partial charge in [0.2, 0.25) is 0 Å².